The van der Waals surface area contributed by atoms with Crippen molar-refractivity contribution in [3.63, 3.8) is 0 Å². The molecule has 2 N–H and O–H groups in total. The van der Waals surface area contributed by atoms with Gasteiger partial charge in [0.1, 0.15) is 0 Å². The molecule has 0 heterocycles. The molecule has 0 aromatic heterocycles. The summed E-state index contributed by atoms with van der Waals surface area (Å²) in [6.07, 6.45) is 5.30. The summed E-state index contributed by atoms with van der Waals surface area (Å²) in [6.45, 7) is 4.43. The Bertz CT molecular complexity index is 121. The lowest BCUT2D eigenvalue weighted by Crippen LogP contribution is -2.26. The van der Waals surface area contributed by atoms with Crippen molar-refractivity contribution < 1.29 is 0 Å². The van der Waals surface area contributed by atoms with Crippen LogP contribution in [0, 0.1) is 5.92 Å². The van der Waals surface area contributed by atoms with Gasteiger partial charge in [-0.25, -0.2) is 0 Å². The van der Waals surface area contributed by atoms with Gasteiger partial charge in [0, 0.05) is 12.6 Å². The quantitative estimate of drug-likeness (QED) is 0.654. The van der Waals surface area contributed by atoms with Crippen LogP contribution in [-0.2, 0) is 0 Å². The molecule has 0 saturated heterocycles. The van der Waals surface area contributed by atoms with Crippen LogP contribution in [0.15, 0.2) is 0 Å². The first-order chi connectivity index (χ1) is 5.74. The van der Waals surface area contributed by atoms with Gasteiger partial charge in [-0.2, -0.15) is 0 Å². The van der Waals surface area contributed by atoms with E-state index < -0.39 is 0 Å². The molecule has 72 valence electrons. The van der Waals surface area contributed by atoms with E-state index in [1.54, 1.807) is 0 Å². The molecule has 0 aromatic rings. The van der Waals surface area contributed by atoms with Crippen molar-refractivity contribution in [1.82, 2.24) is 4.90 Å². The first-order valence-corrected chi connectivity index (χ1v) is 5.14. The summed E-state index contributed by atoms with van der Waals surface area (Å²) in [5.41, 5.74) is 5.47. The van der Waals surface area contributed by atoms with Crippen molar-refractivity contribution in [1.29, 1.82) is 0 Å². The highest BCUT2D eigenvalue weighted by Gasteiger charge is 2.26. The fraction of sp³-hybridized carbons (Fsp3) is 1.00. The van der Waals surface area contributed by atoms with E-state index in [0.29, 0.717) is 0 Å². The fourth-order valence-electron chi connectivity index (χ4n) is 1.71. The smallest absolute Gasteiger partial charge is 0.00934 e. The van der Waals surface area contributed by atoms with Gasteiger partial charge in [-0.15, -0.1) is 0 Å². The summed E-state index contributed by atoms with van der Waals surface area (Å²) < 4.78 is 0. The monoisotopic (exact) mass is 170 g/mol. The van der Waals surface area contributed by atoms with Crippen molar-refractivity contribution in [3.8, 4) is 0 Å². The van der Waals surface area contributed by atoms with Crippen LogP contribution in [0.1, 0.15) is 32.6 Å². The van der Waals surface area contributed by atoms with Crippen LogP contribution in [0.2, 0.25) is 0 Å². The number of nitrogens with two attached hydrogens (primary N) is 1. The fourth-order valence-corrected chi connectivity index (χ4v) is 1.71. The molecule has 0 radical (unpaired) electrons. The zero-order chi connectivity index (χ0) is 8.97. The van der Waals surface area contributed by atoms with Gasteiger partial charge < -0.3 is 10.6 Å². The molecule has 1 saturated carbocycles. The summed E-state index contributed by atoms with van der Waals surface area (Å²) in [5, 5.41) is 0. The standard InChI is InChI=1S/C10H22N2/c1-9(4-3-7-11)8-12(2)10-5-6-10/h9-10H,3-8,11H2,1-2H3. The van der Waals surface area contributed by atoms with E-state index in [2.05, 4.69) is 18.9 Å². The van der Waals surface area contributed by atoms with Crippen molar-refractivity contribution in [3.05, 3.63) is 0 Å². The molecule has 0 bridgehead atoms. The summed E-state index contributed by atoms with van der Waals surface area (Å²) in [6, 6.07) is 0.908. The van der Waals surface area contributed by atoms with Crippen molar-refractivity contribution in [2.45, 2.75) is 38.6 Å². The van der Waals surface area contributed by atoms with Gasteiger partial charge in [-0.3, -0.25) is 0 Å². The highest BCUT2D eigenvalue weighted by Crippen LogP contribution is 2.26. The Balaban J connectivity index is 2.03. The van der Waals surface area contributed by atoms with Crippen molar-refractivity contribution >= 4 is 0 Å². The zero-order valence-corrected chi connectivity index (χ0v) is 8.42. The first-order valence-electron chi connectivity index (χ1n) is 5.14. The molecule has 1 atom stereocenters. The van der Waals surface area contributed by atoms with E-state index in [4.69, 9.17) is 5.73 Å². The van der Waals surface area contributed by atoms with Gasteiger partial charge in [-0.05, 0) is 45.2 Å². The second-order valence-corrected chi connectivity index (χ2v) is 4.21. The Morgan fingerprint density at radius 3 is 2.67 bits per heavy atom. The van der Waals surface area contributed by atoms with Gasteiger partial charge in [0.25, 0.3) is 0 Å². The third kappa shape index (κ3) is 3.55. The second-order valence-electron chi connectivity index (χ2n) is 4.21. The molecule has 1 fully saturated rings. The molecule has 1 rings (SSSR count). The van der Waals surface area contributed by atoms with E-state index in [1.807, 2.05) is 0 Å². The van der Waals surface area contributed by atoms with Gasteiger partial charge in [0.05, 0.1) is 0 Å². The molecular formula is C10H22N2. The number of nitrogens with zero attached hydrogens (tertiary/aromatic N) is 1. The topological polar surface area (TPSA) is 29.3 Å². The van der Waals surface area contributed by atoms with Gasteiger partial charge >= 0.3 is 0 Å². The van der Waals surface area contributed by atoms with Crippen molar-refractivity contribution in [2.24, 2.45) is 11.7 Å². The Kier molecular flexibility index (Phi) is 4.02. The Morgan fingerprint density at radius 2 is 2.17 bits per heavy atom. The van der Waals surface area contributed by atoms with Crippen LogP contribution in [-0.4, -0.2) is 31.1 Å². The van der Waals surface area contributed by atoms with E-state index >= 15 is 0 Å². The van der Waals surface area contributed by atoms with Crippen LogP contribution in [0.4, 0.5) is 0 Å². The Morgan fingerprint density at radius 1 is 1.50 bits per heavy atom. The SMILES string of the molecule is CC(CCCN)CN(C)C1CC1. The van der Waals surface area contributed by atoms with E-state index in [9.17, 15) is 0 Å². The highest BCUT2D eigenvalue weighted by molar-refractivity contribution is 4.82. The third-order valence-corrected chi connectivity index (χ3v) is 2.67. The molecule has 1 aliphatic carbocycles. The largest absolute Gasteiger partial charge is 0.330 e. The Hall–Kier alpha value is -0.0800. The zero-order valence-electron chi connectivity index (χ0n) is 8.42. The summed E-state index contributed by atoms with van der Waals surface area (Å²) in [5.74, 6) is 0.819. The molecule has 1 aliphatic rings. The molecule has 12 heavy (non-hydrogen) atoms. The average Bonchev–Trinajstić information content (AvgIpc) is 2.82. The van der Waals surface area contributed by atoms with Crippen molar-refractivity contribution in [2.75, 3.05) is 20.1 Å². The molecule has 0 aromatic carbocycles. The maximum atomic E-state index is 5.47. The van der Waals surface area contributed by atoms with Gasteiger partial charge in [-0.1, -0.05) is 6.92 Å². The Labute approximate surface area is 76.1 Å². The van der Waals surface area contributed by atoms with E-state index in [1.165, 1.54) is 32.2 Å². The van der Waals surface area contributed by atoms with E-state index in [0.717, 1.165) is 18.5 Å². The maximum absolute atomic E-state index is 5.47. The summed E-state index contributed by atoms with van der Waals surface area (Å²) in [4.78, 5) is 2.50. The summed E-state index contributed by atoms with van der Waals surface area (Å²) in [7, 11) is 2.25. The predicted molar refractivity (Wildman–Crippen MR) is 53.1 cm³/mol. The average molecular weight is 170 g/mol. The third-order valence-electron chi connectivity index (χ3n) is 2.67. The molecule has 0 spiro atoms. The minimum absolute atomic E-state index is 0.819. The van der Waals surface area contributed by atoms with Gasteiger partial charge in [0.15, 0.2) is 0 Å². The van der Waals surface area contributed by atoms with Crippen LogP contribution >= 0.6 is 0 Å². The molecular weight excluding hydrogens is 148 g/mol. The normalized spacial score (nSPS) is 20.0. The van der Waals surface area contributed by atoms with Crippen LogP contribution in [0.5, 0.6) is 0 Å². The molecule has 0 aliphatic heterocycles. The van der Waals surface area contributed by atoms with Crippen LogP contribution in [0.25, 0.3) is 0 Å². The van der Waals surface area contributed by atoms with Crippen LogP contribution in [0.3, 0.4) is 0 Å². The molecule has 2 nitrogen and oxygen atoms in total. The minimum Gasteiger partial charge on any atom is -0.330 e. The minimum atomic E-state index is 0.819. The predicted octanol–water partition coefficient (Wildman–Crippen LogP) is 1.46. The maximum Gasteiger partial charge on any atom is 0.00934 e. The number of rotatable bonds is 6. The molecule has 1 unspecified atom stereocenters. The lowest BCUT2D eigenvalue weighted by Gasteiger charge is -2.20. The molecule has 0 amide bonds. The molecule has 2 heteroatoms. The summed E-state index contributed by atoms with van der Waals surface area (Å²) >= 11 is 0. The second kappa shape index (κ2) is 4.83. The number of hydrogen-bond donors (Lipinski definition) is 1. The highest BCUT2D eigenvalue weighted by atomic mass is 15.1. The first kappa shape index (κ1) is 10.0. The van der Waals surface area contributed by atoms with Gasteiger partial charge in [0.2, 0.25) is 0 Å². The van der Waals surface area contributed by atoms with Crippen LogP contribution < -0.4 is 5.73 Å². The lowest BCUT2D eigenvalue weighted by atomic mass is 10.1. The number of hydrogen-bond acceptors (Lipinski definition) is 2. The lowest BCUT2D eigenvalue weighted by molar-refractivity contribution is 0.268. The van der Waals surface area contributed by atoms with E-state index in [-0.39, 0.29) is 0 Å².